The van der Waals surface area contributed by atoms with E-state index in [2.05, 4.69) is 10.1 Å². The first-order valence-electron chi connectivity index (χ1n) is 5.05. The van der Waals surface area contributed by atoms with Crippen LogP contribution in [0.5, 0.6) is 0 Å². The van der Waals surface area contributed by atoms with Crippen LogP contribution in [0.25, 0.3) is 11.6 Å². The molecule has 2 aromatic rings. The number of oxazole rings is 1. The molecule has 0 aliphatic rings. The molecule has 0 saturated heterocycles. The summed E-state index contributed by atoms with van der Waals surface area (Å²) in [5.41, 5.74) is 6.04. The largest absolute Gasteiger partial charge is 0.461 e. The second-order valence-electron chi connectivity index (χ2n) is 3.33. The molecule has 0 bridgehead atoms. The highest BCUT2D eigenvalue weighted by Crippen LogP contribution is 2.22. The van der Waals surface area contributed by atoms with Gasteiger partial charge in [0.15, 0.2) is 0 Å². The fourth-order valence-electron chi connectivity index (χ4n) is 1.32. The first-order valence-corrected chi connectivity index (χ1v) is 5.05. The molecule has 7 heteroatoms. The number of carbonyl (C=O) groups excluding carboxylic acids is 1. The van der Waals surface area contributed by atoms with Gasteiger partial charge in [-0.15, -0.1) is 0 Å². The molecule has 0 aromatic carbocycles. The summed E-state index contributed by atoms with van der Waals surface area (Å²) < 4.78 is 11.6. The van der Waals surface area contributed by atoms with Crippen LogP contribution in [0.4, 0.5) is 5.88 Å². The van der Waals surface area contributed by atoms with Crippen LogP contribution >= 0.6 is 0 Å². The van der Waals surface area contributed by atoms with Gasteiger partial charge in [0.1, 0.15) is 5.69 Å². The minimum Gasteiger partial charge on any atom is -0.461 e. The topological polar surface area (TPSA) is 96.2 Å². The summed E-state index contributed by atoms with van der Waals surface area (Å²) in [5, 5.41) is 4.09. The first kappa shape index (κ1) is 11.2. The van der Waals surface area contributed by atoms with Crippen LogP contribution in [-0.4, -0.2) is 27.3 Å². The van der Waals surface area contributed by atoms with Gasteiger partial charge in [-0.25, -0.2) is 4.79 Å². The monoisotopic (exact) mass is 236 g/mol. The molecule has 2 heterocycles. The number of aromatic nitrogens is 3. The van der Waals surface area contributed by atoms with E-state index >= 15 is 0 Å². The zero-order valence-electron chi connectivity index (χ0n) is 9.51. The second-order valence-corrected chi connectivity index (χ2v) is 3.33. The van der Waals surface area contributed by atoms with Crippen LogP contribution in [0.3, 0.4) is 0 Å². The maximum absolute atomic E-state index is 11.5. The van der Waals surface area contributed by atoms with Crippen molar-refractivity contribution < 1.29 is 13.9 Å². The van der Waals surface area contributed by atoms with Crippen molar-refractivity contribution in [3.63, 3.8) is 0 Å². The molecule has 0 spiro atoms. The summed E-state index contributed by atoms with van der Waals surface area (Å²) in [6.07, 6.45) is 1.74. The number of nitrogens with two attached hydrogens (primary N) is 1. The third-order valence-corrected chi connectivity index (χ3v) is 2.05. The number of nitrogens with zero attached hydrogens (tertiary/aromatic N) is 3. The van der Waals surface area contributed by atoms with Gasteiger partial charge in [-0.1, -0.05) is 0 Å². The highest BCUT2D eigenvalue weighted by molar-refractivity contribution is 5.92. The van der Waals surface area contributed by atoms with E-state index in [1.54, 1.807) is 30.9 Å². The number of aryl methyl sites for hydroxylation is 1. The first-order chi connectivity index (χ1) is 8.11. The van der Waals surface area contributed by atoms with Crippen molar-refractivity contribution in [2.45, 2.75) is 6.92 Å². The van der Waals surface area contributed by atoms with Crippen LogP contribution < -0.4 is 5.73 Å². The Bertz CT molecular complexity index is 543. The van der Waals surface area contributed by atoms with Crippen molar-refractivity contribution in [2.24, 2.45) is 7.05 Å². The van der Waals surface area contributed by atoms with Gasteiger partial charge >= 0.3 is 5.97 Å². The van der Waals surface area contributed by atoms with Crippen LogP contribution in [0.15, 0.2) is 16.7 Å². The normalized spacial score (nSPS) is 10.5. The summed E-state index contributed by atoms with van der Waals surface area (Å²) in [7, 11) is 1.77. The lowest BCUT2D eigenvalue weighted by Gasteiger charge is -1.96. The summed E-state index contributed by atoms with van der Waals surface area (Å²) >= 11 is 0. The lowest BCUT2D eigenvalue weighted by molar-refractivity contribution is 0.0521. The fourth-order valence-corrected chi connectivity index (χ4v) is 1.32. The number of carbonyl (C=O) groups is 1. The molecule has 0 saturated carbocycles. The third-order valence-electron chi connectivity index (χ3n) is 2.05. The SMILES string of the molecule is CCOC(=O)c1nc(-c2ccn(C)n2)oc1N. The van der Waals surface area contributed by atoms with Crippen molar-refractivity contribution in [1.29, 1.82) is 0 Å². The number of esters is 1. The number of anilines is 1. The molecule has 90 valence electrons. The van der Waals surface area contributed by atoms with E-state index in [0.717, 1.165) is 0 Å². The van der Waals surface area contributed by atoms with Crippen molar-refractivity contribution in [3.05, 3.63) is 18.0 Å². The molecule has 17 heavy (non-hydrogen) atoms. The van der Waals surface area contributed by atoms with Crippen molar-refractivity contribution in [1.82, 2.24) is 14.8 Å². The number of hydrogen-bond donors (Lipinski definition) is 1. The van der Waals surface area contributed by atoms with Crippen LogP contribution in [0.2, 0.25) is 0 Å². The molecule has 0 aliphatic heterocycles. The van der Waals surface area contributed by atoms with Gasteiger partial charge in [0.05, 0.1) is 6.61 Å². The maximum atomic E-state index is 11.5. The van der Waals surface area contributed by atoms with Gasteiger partial charge in [-0.05, 0) is 13.0 Å². The Morgan fingerprint density at radius 2 is 2.41 bits per heavy atom. The predicted octanol–water partition coefficient (Wildman–Crippen LogP) is 0.834. The number of nitrogen functional groups attached to an aromatic ring is 1. The average Bonchev–Trinajstić information content (AvgIpc) is 2.85. The Morgan fingerprint density at radius 3 is 3.00 bits per heavy atom. The second kappa shape index (κ2) is 4.28. The van der Waals surface area contributed by atoms with Gasteiger partial charge < -0.3 is 14.9 Å². The summed E-state index contributed by atoms with van der Waals surface area (Å²) in [6.45, 7) is 1.96. The minimum atomic E-state index is -0.601. The number of hydrogen-bond acceptors (Lipinski definition) is 6. The third kappa shape index (κ3) is 2.12. The van der Waals surface area contributed by atoms with Gasteiger partial charge in [0, 0.05) is 13.2 Å². The van der Waals surface area contributed by atoms with Gasteiger partial charge in [-0.2, -0.15) is 10.1 Å². The Balaban J connectivity index is 2.33. The van der Waals surface area contributed by atoms with Crippen molar-refractivity contribution in [2.75, 3.05) is 12.3 Å². The van der Waals surface area contributed by atoms with Gasteiger partial charge in [0.25, 0.3) is 0 Å². The molecule has 0 unspecified atom stereocenters. The van der Waals surface area contributed by atoms with Crippen molar-refractivity contribution >= 4 is 11.9 Å². The Morgan fingerprint density at radius 1 is 1.65 bits per heavy atom. The summed E-state index contributed by atoms with van der Waals surface area (Å²) in [5.74, 6) is -0.466. The maximum Gasteiger partial charge on any atom is 0.362 e. The Labute approximate surface area is 97.2 Å². The molecule has 2 aromatic heterocycles. The molecule has 0 fully saturated rings. The summed E-state index contributed by atoms with van der Waals surface area (Å²) in [6, 6.07) is 1.71. The molecule has 2 N–H and O–H groups in total. The van der Waals surface area contributed by atoms with E-state index in [1.165, 1.54) is 0 Å². The zero-order valence-corrected chi connectivity index (χ0v) is 9.51. The molecule has 0 aliphatic carbocycles. The quantitative estimate of drug-likeness (QED) is 0.793. The lowest BCUT2D eigenvalue weighted by Crippen LogP contribution is -2.07. The van der Waals surface area contributed by atoms with Crippen LogP contribution in [0, 0.1) is 0 Å². The highest BCUT2D eigenvalue weighted by Gasteiger charge is 2.20. The van der Waals surface area contributed by atoms with E-state index in [0.29, 0.717) is 5.69 Å². The lowest BCUT2D eigenvalue weighted by atomic mass is 10.4. The number of ether oxygens (including phenoxy) is 1. The standard InChI is InChI=1S/C10H12N4O3/c1-3-16-10(15)7-8(11)17-9(12-7)6-4-5-14(2)13-6/h4-5H,3,11H2,1-2H3. The highest BCUT2D eigenvalue weighted by atomic mass is 16.5. The number of rotatable bonds is 3. The van der Waals surface area contributed by atoms with Crippen LogP contribution in [-0.2, 0) is 11.8 Å². The Kier molecular flexibility index (Phi) is 2.82. The molecule has 0 amide bonds. The smallest absolute Gasteiger partial charge is 0.362 e. The van der Waals surface area contributed by atoms with E-state index < -0.39 is 5.97 Å². The van der Waals surface area contributed by atoms with Crippen molar-refractivity contribution in [3.8, 4) is 11.6 Å². The van der Waals surface area contributed by atoms with E-state index in [-0.39, 0.29) is 24.1 Å². The molecule has 7 nitrogen and oxygen atoms in total. The molecule has 0 atom stereocenters. The van der Waals surface area contributed by atoms with E-state index in [1.807, 2.05) is 0 Å². The zero-order chi connectivity index (χ0) is 12.4. The van der Waals surface area contributed by atoms with Crippen LogP contribution in [0.1, 0.15) is 17.4 Å². The predicted molar refractivity (Wildman–Crippen MR) is 59.1 cm³/mol. The fraction of sp³-hybridized carbons (Fsp3) is 0.300. The molecule has 2 rings (SSSR count). The molecular formula is C10H12N4O3. The Hall–Kier alpha value is -2.31. The average molecular weight is 236 g/mol. The van der Waals surface area contributed by atoms with Gasteiger partial charge in [0.2, 0.25) is 17.5 Å². The molecular weight excluding hydrogens is 224 g/mol. The summed E-state index contributed by atoms with van der Waals surface area (Å²) in [4.78, 5) is 15.4. The van der Waals surface area contributed by atoms with Gasteiger partial charge in [-0.3, -0.25) is 4.68 Å². The minimum absolute atomic E-state index is 0.0208. The van der Waals surface area contributed by atoms with E-state index in [4.69, 9.17) is 14.9 Å². The molecule has 0 radical (unpaired) electrons. The van der Waals surface area contributed by atoms with E-state index in [9.17, 15) is 4.79 Å².